The van der Waals surface area contributed by atoms with Gasteiger partial charge in [0.15, 0.2) is 5.78 Å². The van der Waals surface area contributed by atoms with Crippen molar-refractivity contribution in [1.29, 1.82) is 0 Å². The van der Waals surface area contributed by atoms with Gasteiger partial charge in [0.1, 0.15) is 5.41 Å². The topological polar surface area (TPSA) is 63.6 Å². The van der Waals surface area contributed by atoms with E-state index in [0.717, 1.165) is 0 Å². The summed E-state index contributed by atoms with van der Waals surface area (Å²) in [6.45, 7) is 5.13. The second-order valence-electron chi connectivity index (χ2n) is 6.06. The van der Waals surface area contributed by atoms with Crippen molar-refractivity contribution in [3.8, 4) is 0 Å². The fourth-order valence-electron chi connectivity index (χ4n) is 3.61. The molecule has 2 aliphatic carbocycles. The summed E-state index contributed by atoms with van der Waals surface area (Å²) in [7, 11) is 0. The zero-order chi connectivity index (χ0) is 15.1. The van der Waals surface area contributed by atoms with E-state index >= 15 is 0 Å². The van der Waals surface area contributed by atoms with Crippen LogP contribution in [0.15, 0.2) is 21.7 Å². The largest absolute Gasteiger partial charge is 0.358 e. The first kappa shape index (κ1) is 14.3. The summed E-state index contributed by atoms with van der Waals surface area (Å²) in [5.74, 6) is -3.55. The van der Waals surface area contributed by atoms with Crippen molar-refractivity contribution < 1.29 is 19.4 Å². The van der Waals surface area contributed by atoms with Crippen LogP contribution in [0.1, 0.15) is 27.2 Å². The number of carbonyl (C=O) groups excluding carboxylic acids is 2. The van der Waals surface area contributed by atoms with Crippen molar-refractivity contribution >= 4 is 34.8 Å². The lowest BCUT2D eigenvalue weighted by Crippen LogP contribution is -2.55. The molecule has 0 aromatic rings. The smallest absolute Gasteiger partial charge is 0.245 e. The zero-order valence-corrected chi connectivity index (χ0v) is 12.8. The fourth-order valence-corrected chi connectivity index (χ4v) is 4.19. The molecule has 3 atom stereocenters. The van der Waals surface area contributed by atoms with Crippen LogP contribution in [0.5, 0.6) is 0 Å². The molecule has 0 aromatic carbocycles. The first-order valence-corrected chi connectivity index (χ1v) is 7.13. The van der Waals surface area contributed by atoms with Crippen molar-refractivity contribution in [2.45, 2.75) is 38.6 Å². The maximum absolute atomic E-state index is 12.6. The highest BCUT2D eigenvalue weighted by Gasteiger charge is 2.85. The number of carbonyl (C=O) groups is 2. The third-order valence-corrected chi connectivity index (χ3v) is 5.43. The van der Waals surface area contributed by atoms with Crippen LogP contribution in [0.25, 0.3) is 0 Å². The second kappa shape index (κ2) is 3.74. The van der Waals surface area contributed by atoms with E-state index in [9.17, 15) is 14.7 Å². The summed E-state index contributed by atoms with van der Waals surface area (Å²) < 4.78 is 5.56. The molecule has 20 heavy (non-hydrogen) atoms. The summed E-state index contributed by atoms with van der Waals surface area (Å²) in [6.07, 6.45) is 1.86. The van der Waals surface area contributed by atoms with E-state index in [-0.39, 0.29) is 21.6 Å². The molecule has 2 fully saturated rings. The Morgan fingerprint density at radius 3 is 2.50 bits per heavy atom. The van der Waals surface area contributed by atoms with E-state index in [2.05, 4.69) is 0 Å². The van der Waals surface area contributed by atoms with Crippen molar-refractivity contribution in [3.05, 3.63) is 21.7 Å². The summed E-state index contributed by atoms with van der Waals surface area (Å²) in [6, 6.07) is 0. The first-order chi connectivity index (χ1) is 9.13. The van der Waals surface area contributed by atoms with Gasteiger partial charge in [-0.3, -0.25) is 9.59 Å². The molecule has 108 valence electrons. The summed E-state index contributed by atoms with van der Waals surface area (Å²) >= 11 is 12.0. The van der Waals surface area contributed by atoms with Gasteiger partial charge in [0.05, 0.1) is 16.2 Å². The highest BCUT2D eigenvalue weighted by molar-refractivity contribution is 6.50. The number of halogens is 2. The molecule has 0 radical (unpaired) electrons. The second-order valence-corrected chi connectivity index (χ2v) is 6.85. The van der Waals surface area contributed by atoms with Crippen LogP contribution in [-0.4, -0.2) is 28.1 Å². The third-order valence-electron chi connectivity index (χ3n) is 4.67. The molecule has 0 unspecified atom stereocenters. The highest BCUT2D eigenvalue weighted by Crippen LogP contribution is 2.74. The van der Waals surface area contributed by atoms with Crippen molar-refractivity contribution in [2.75, 3.05) is 0 Å². The lowest BCUT2D eigenvalue weighted by molar-refractivity contribution is -0.239. The first-order valence-electron chi connectivity index (χ1n) is 6.37. The van der Waals surface area contributed by atoms with Gasteiger partial charge >= 0.3 is 0 Å². The molecule has 0 bridgehead atoms. The minimum Gasteiger partial charge on any atom is -0.358 e. The molecule has 4 nitrogen and oxygen atoms in total. The molecule has 6 heteroatoms. The number of aliphatic hydroxyl groups is 1. The molecular formula is C14H14Cl2O4. The molecule has 0 aromatic heterocycles. The van der Waals surface area contributed by atoms with Crippen LogP contribution in [0.2, 0.25) is 0 Å². The maximum Gasteiger partial charge on any atom is 0.245 e. The monoisotopic (exact) mass is 316 g/mol. The Bertz CT molecular complexity index is 619. The molecule has 3 aliphatic rings. The van der Waals surface area contributed by atoms with Gasteiger partial charge in [0.2, 0.25) is 11.6 Å². The highest BCUT2D eigenvalue weighted by atomic mass is 35.5. The quantitative estimate of drug-likeness (QED) is 0.806. The van der Waals surface area contributed by atoms with E-state index in [4.69, 9.17) is 27.9 Å². The molecule has 1 aliphatic heterocycles. The molecule has 1 saturated carbocycles. The Morgan fingerprint density at radius 1 is 1.40 bits per heavy atom. The Hall–Kier alpha value is -0.680. The number of ketones is 2. The van der Waals surface area contributed by atoms with Crippen LogP contribution in [0, 0.1) is 11.3 Å². The third kappa shape index (κ3) is 1.31. The number of Topliss-reactive ketones (excluding diaryl/α,β-unsaturated/α-hetero) is 2. The van der Waals surface area contributed by atoms with Crippen molar-refractivity contribution in [1.82, 2.24) is 0 Å². The molecule has 1 heterocycles. The molecule has 3 rings (SSSR count). The van der Waals surface area contributed by atoms with Gasteiger partial charge in [-0.15, -0.1) is 0 Å². The maximum atomic E-state index is 12.6. The molecule has 1 spiro atoms. The van der Waals surface area contributed by atoms with Gasteiger partial charge in [-0.1, -0.05) is 29.3 Å². The molecular weight excluding hydrogens is 303 g/mol. The minimum atomic E-state index is -2.16. The lowest BCUT2D eigenvalue weighted by Gasteiger charge is -2.36. The van der Waals surface area contributed by atoms with Crippen LogP contribution >= 0.6 is 23.2 Å². The van der Waals surface area contributed by atoms with Crippen LogP contribution < -0.4 is 0 Å². The Labute approximate surface area is 126 Å². The predicted octanol–water partition coefficient (Wildman–Crippen LogP) is 2.28. The van der Waals surface area contributed by atoms with Crippen molar-refractivity contribution in [2.24, 2.45) is 11.3 Å². The number of ether oxygens (including phenoxy) is 1. The van der Waals surface area contributed by atoms with E-state index in [1.54, 1.807) is 20.8 Å². The minimum absolute atomic E-state index is 0.0436. The van der Waals surface area contributed by atoms with E-state index < -0.39 is 28.4 Å². The van der Waals surface area contributed by atoms with Gasteiger partial charge in [-0.25, -0.2) is 0 Å². The SMILES string of the molecule is C/C=C(\Cl)C1=C(Cl)C(=O)[C@@]23C[C@H]2C(C)(C)O[C@]3(O)C1=O. The van der Waals surface area contributed by atoms with Gasteiger partial charge in [-0.05, 0) is 27.2 Å². The van der Waals surface area contributed by atoms with E-state index in [0.29, 0.717) is 6.42 Å². The van der Waals surface area contributed by atoms with Gasteiger partial charge in [0.25, 0.3) is 0 Å². The average Bonchev–Trinajstić information content (AvgIpc) is 3.09. The van der Waals surface area contributed by atoms with Crippen LogP contribution in [-0.2, 0) is 14.3 Å². The van der Waals surface area contributed by atoms with E-state index in [1.165, 1.54) is 6.08 Å². The van der Waals surface area contributed by atoms with Crippen LogP contribution in [0.4, 0.5) is 0 Å². The molecule has 1 saturated heterocycles. The van der Waals surface area contributed by atoms with E-state index in [1.807, 2.05) is 0 Å². The number of hydrogen-bond acceptors (Lipinski definition) is 4. The Kier molecular flexibility index (Phi) is 2.67. The Morgan fingerprint density at radius 2 is 2.00 bits per heavy atom. The van der Waals surface area contributed by atoms with Crippen molar-refractivity contribution in [3.63, 3.8) is 0 Å². The Balaban J connectivity index is 2.23. The fraction of sp³-hybridized carbons (Fsp3) is 0.571. The lowest BCUT2D eigenvalue weighted by atomic mass is 9.77. The molecule has 0 amide bonds. The average molecular weight is 317 g/mol. The predicted molar refractivity (Wildman–Crippen MR) is 73.2 cm³/mol. The standard InChI is InChI=1S/C14H14Cl2O4/c1-4-6(15)8-9(16)11(18)13-5-7(13)12(2,3)20-14(13,19)10(8)17/h4,7,19H,5H2,1-3H3/b6-4-/t7-,13+,14+/m0/s1. The summed E-state index contributed by atoms with van der Waals surface area (Å²) in [5, 5.41) is 10.6. The normalized spacial score (nSPS) is 42.7. The zero-order valence-electron chi connectivity index (χ0n) is 11.3. The number of allylic oxidation sites excluding steroid dienone is 3. The van der Waals surface area contributed by atoms with Crippen LogP contribution in [0.3, 0.4) is 0 Å². The summed E-state index contributed by atoms with van der Waals surface area (Å²) in [5.41, 5.74) is -2.15. The van der Waals surface area contributed by atoms with Gasteiger partial charge in [0, 0.05) is 11.0 Å². The number of hydrogen-bond donors (Lipinski definition) is 1. The van der Waals surface area contributed by atoms with Gasteiger partial charge < -0.3 is 9.84 Å². The summed E-state index contributed by atoms with van der Waals surface area (Å²) in [4.78, 5) is 25.2. The molecule has 1 N–H and O–H groups in total. The number of rotatable bonds is 1. The van der Waals surface area contributed by atoms with Gasteiger partial charge in [-0.2, -0.15) is 0 Å².